The van der Waals surface area contributed by atoms with Gasteiger partial charge in [-0.3, -0.25) is 9.98 Å². The molecule has 0 fully saturated rings. The molecule has 0 saturated carbocycles. The summed E-state index contributed by atoms with van der Waals surface area (Å²) in [4.78, 5) is 9.71. The summed E-state index contributed by atoms with van der Waals surface area (Å²) in [6.45, 7) is 0.107. The van der Waals surface area contributed by atoms with Crippen LogP contribution in [0.4, 0.5) is 35.9 Å². The molecule has 3 aromatic rings. The summed E-state index contributed by atoms with van der Waals surface area (Å²) in [5, 5.41) is 6.47. The highest BCUT2D eigenvalue weighted by Gasteiger charge is 2.32. The molecular formula is C22H21F3N6. The number of nitrogens with zero attached hydrogens (tertiary/aromatic N) is 4. The van der Waals surface area contributed by atoms with Crippen molar-refractivity contribution in [3.8, 4) is 0 Å². The topological polar surface area (TPSA) is 78.9 Å². The number of para-hydroxylation sites is 1. The standard InChI is InChI=1S/C22H21F3N6/c1-31(19-5-3-2-4-6-19)20-9-7-16(8-10-20)28-14-18(30-26)15-29-17-11-12-27-21(13-17)22(23,24)25/h2-14H,15,26H2,1H3,(H,27,29). The van der Waals surface area contributed by atoms with E-state index in [0.29, 0.717) is 11.4 Å². The third-order valence-electron chi connectivity index (χ3n) is 4.43. The van der Waals surface area contributed by atoms with Crippen molar-refractivity contribution in [2.75, 3.05) is 23.8 Å². The van der Waals surface area contributed by atoms with Gasteiger partial charge in [0.1, 0.15) is 5.69 Å². The number of alkyl halides is 3. The van der Waals surface area contributed by atoms with E-state index in [1.54, 1.807) is 0 Å². The van der Waals surface area contributed by atoms with E-state index in [9.17, 15) is 13.2 Å². The fourth-order valence-electron chi connectivity index (χ4n) is 2.72. The maximum Gasteiger partial charge on any atom is 0.433 e. The number of hydrazone groups is 1. The Hall–Kier alpha value is -3.88. The van der Waals surface area contributed by atoms with Crippen molar-refractivity contribution in [1.82, 2.24) is 4.98 Å². The van der Waals surface area contributed by atoms with Gasteiger partial charge in [-0.05, 0) is 48.5 Å². The van der Waals surface area contributed by atoms with E-state index < -0.39 is 11.9 Å². The average molecular weight is 426 g/mol. The molecular weight excluding hydrogens is 405 g/mol. The molecule has 2 aromatic carbocycles. The van der Waals surface area contributed by atoms with Gasteiger partial charge in [0.25, 0.3) is 0 Å². The molecule has 0 bridgehead atoms. The number of aliphatic imine (C=N–C) groups is 1. The van der Waals surface area contributed by atoms with Gasteiger partial charge in [0.15, 0.2) is 0 Å². The smallest absolute Gasteiger partial charge is 0.379 e. The lowest BCUT2D eigenvalue weighted by molar-refractivity contribution is -0.141. The van der Waals surface area contributed by atoms with E-state index in [0.717, 1.165) is 23.6 Å². The molecule has 0 radical (unpaired) electrons. The summed E-state index contributed by atoms with van der Waals surface area (Å²) in [6.07, 6.45) is -1.95. The van der Waals surface area contributed by atoms with Crippen LogP contribution in [0.3, 0.4) is 0 Å². The highest BCUT2D eigenvalue weighted by atomic mass is 19.4. The van der Waals surface area contributed by atoms with E-state index in [4.69, 9.17) is 5.84 Å². The van der Waals surface area contributed by atoms with E-state index >= 15 is 0 Å². The molecule has 0 aliphatic rings. The number of hydrogen-bond donors (Lipinski definition) is 2. The zero-order valence-electron chi connectivity index (χ0n) is 16.7. The Kier molecular flexibility index (Phi) is 6.86. The first-order valence-electron chi connectivity index (χ1n) is 9.33. The number of benzene rings is 2. The number of anilines is 3. The minimum absolute atomic E-state index is 0.107. The van der Waals surface area contributed by atoms with Gasteiger partial charge in [-0.25, -0.2) is 0 Å². The maximum absolute atomic E-state index is 12.8. The molecule has 31 heavy (non-hydrogen) atoms. The molecule has 1 aromatic heterocycles. The number of rotatable bonds is 7. The van der Waals surface area contributed by atoms with Crippen LogP contribution < -0.4 is 16.1 Å². The summed E-state index contributed by atoms with van der Waals surface area (Å²) < 4.78 is 38.3. The Bertz CT molecular complexity index is 1050. The zero-order valence-corrected chi connectivity index (χ0v) is 16.7. The van der Waals surface area contributed by atoms with Crippen molar-refractivity contribution in [3.05, 3.63) is 78.6 Å². The lowest BCUT2D eigenvalue weighted by atomic mass is 10.2. The van der Waals surface area contributed by atoms with Crippen LogP contribution in [0.1, 0.15) is 5.69 Å². The zero-order chi connectivity index (χ0) is 22.3. The minimum atomic E-state index is -4.51. The number of pyridine rings is 1. The second-order valence-corrected chi connectivity index (χ2v) is 6.57. The van der Waals surface area contributed by atoms with Gasteiger partial charge in [-0.1, -0.05) is 18.2 Å². The molecule has 1 heterocycles. The predicted molar refractivity (Wildman–Crippen MR) is 118 cm³/mol. The molecule has 0 unspecified atom stereocenters. The van der Waals surface area contributed by atoms with Gasteiger partial charge in [0.05, 0.1) is 24.2 Å². The first-order valence-corrected chi connectivity index (χ1v) is 9.33. The Labute approximate surface area is 177 Å². The summed E-state index contributed by atoms with van der Waals surface area (Å²) in [7, 11) is 1.97. The number of halogens is 3. The highest BCUT2D eigenvalue weighted by Crippen LogP contribution is 2.29. The van der Waals surface area contributed by atoms with Crippen molar-refractivity contribution in [2.45, 2.75) is 6.18 Å². The molecule has 3 rings (SSSR count). The van der Waals surface area contributed by atoms with E-state index in [1.807, 2.05) is 66.5 Å². The molecule has 9 heteroatoms. The van der Waals surface area contributed by atoms with Crippen LogP contribution in [0, 0.1) is 0 Å². The second kappa shape index (κ2) is 9.75. The van der Waals surface area contributed by atoms with Crippen LogP contribution >= 0.6 is 0 Å². The van der Waals surface area contributed by atoms with Gasteiger partial charge in [0, 0.05) is 30.3 Å². The van der Waals surface area contributed by atoms with E-state index in [-0.39, 0.29) is 12.2 Å². The van der Waals surface area contributed by atoms with E-state index in [1.165, 1.54) is 12.3 Å². The van der Waals surface area contributed by atoms with Gasteiger partial charge in [-0.15, -0.1) is 0 Å². The van der Waals surface area contributed by atoms with Crippen molar-refractivity contribution < 1.29 is 13.2 Å². The van der Waals surface area contributed by atoms with Crippen LogP contribution in [-0.4, -0.2) is 30.5 Å². The summed E-state index contributed by atoms with van der Waals surface area (Å²) in [6, 6.07) is 19.9. The number of nitrogens with one attached hydrogen (secondary N) is 1. The Morgan fingerprint density at radius 3 is 2.39 bits per heavy atom. The highest BCUT2D eigenvalue weighted by molar-refractivity contribution is 6.32. The molecule has 0 atom stereocenters. The van der Waals surface area contributed by atoms with Crippen molar-refractivity contribution in [2.24, 2.45) is 15.9 Å². The summed E-state index contributed by atoms with van der Waals surface area (Å²) in [5.74, 6) is 5.39. The fourth-order valence-corrected chi connectivity index (χ4v) is 2.72. The fraction of sp³-hybridized carbons (Fsp3) is 0.136. The van der Waals surface area contributed by atoms with Crippen LogP contribution in [0.2, 0.25) is 0 Å². The molecule has 0 aliphatic heterocycles. The predicted octanol–water partition coefficient (Wildman–Crippen LogP) is 5.00. The van der Waals surface area contributed by atoms with Crippen LogP contribution in [0.25, 0.3) is 0 Å². The quantitative estimate of drug-likeness (QED) is 0.317. The Morgan fingerprint density at radius 2 is 1.74 bits per heavy atom. The molecule has 0 aliphatic carbocycles. The molecule has 0 amide bonds. The lowest BCUT2D eigenvalue weighted by Crippen LogP contribution is -2.17. The molecule has 0 spiro atoms. The largest absolute Gasteiger partial charge is 0.433 e. The molecule has 160 valence electrons. The molecule has 0 saturated heterocycles. The summed E-state index contributed by atoms with van der Waals surface area (Å²) in [5.41, 5.74) is 2.40. The normalized spacial score (nSPS) is 12.2. The van der Waals surface area contributed by atoms with Crippen LogP contribution in [0.5, 0.6) is 0 Å². The van der Waals surface area contributed by atoms with Crippen molar-refractivity contribution >= 4 is 34.7 Å². The van der Waals surface area contributed by atoms with Gasteiger partial charge < -0.3 is 16.1 Å². The van der Waals surface area contributed by atoms with Gasteiger partial charge in [0.2, 0.25) is 0 Å². The number of hydrogen-bond acceptors (Lipinski definition) is 6. The maximum atomic E-state index is 12.8. The second-order valence-electron chi connectivity index (χ2n) is 6.57. The van der Waals surface area contributed by atoms with Crippen LogP contribution in [-0.2, 0) is 6.18 Å². The Morgan fingerprint density at radius 1 is 1.06 bits per heavy atom. The Balaban J connectivity index is 1.61. The number of aromatic nitrogens is 1. The first kappa shape index (κ1) is 21.8. The average Bonchev–Trinajstić information content (AvgIpc) is 2.79. The SMILES string of the molecule is CN(c1ccccc1)c1ccc(N=CC(CNc2ccnc(C(F)(F)F)c2)=NN)cc1. The summed E-state index contributed by atoms with van der Waals surface area (Å²) >= 11 is 0. The first-order chi connectivity index (χ1) is 14.9. The van der Waals surface area contributed by atoms with E-state index in [2.05, 4.69) is 20.4 Å². The molecule has 3 N–H and O–H groups in total. The third-order valence-corrected chi connectivity index (χ3v) is 4.43. The van der Waals surface area contributed by atoms with Crippen molar-refractivity contribution in [1.29, 1.82) is 0 Å². The van der Waals surface area contributed by atoms with Gasteiger partial charge in [-0.2, -0.15) is 18.3 Å². The lowest BCUT2D eigenvalue weighted by Gasteiger charge is -2.19. The molecule has 6 nitrogen and oxygen atoms in total. The third kappa shape index (κ3) is 6.05. The number of nitrogens with two attached hydrogens (primary N) is 1. The van der Waals surface area contributed by atoms with Gasteiger partial charge >= 0.3 is 6.18 Å². The van der Waals surface area contributed by atoms with Crippen LogP contribution in [0.15, 0.2) is 83.0 Å². The monoisotopic (exact) mass is 426 g/mol. The van der Waals surface area contributed by atoms with Crippen molar-refractivity contribution in [3.63, 3.8) is 0 Å². The minimum Gasteiger partial charge on any atom is -0.379 e.